The highest BCUT2D eigenvalue weighted by Crippen LogP contribution is 2.31. The molecule has 4 rings (SSSR count). The van der Waals surface area contributed by atoms with E-state index in [1.54, 1.807) is 30.3 Å². The molecule has 0 aliphatic carbocycles. The zero-order valence-corrected chi connectivity index (χ0v) is 20.6. The van der Waals surface area contributed by atoms with Gasteiger partial charge in [0.25, 0.3) is 0 Å². The molecule has 4 N–H and O–H groups in total. The molecule has 1 aromatic heterocycles. The van der Waals surface area contributed by atoms with Crippen LogP contribution in [0.3, 0.4) is 0 Å². The van der Waals surface area contributed by atoms with Crippen LogP contribution in [0, 0.1) is 11.8 Å². The molecule has 0 spiro atoms. The monoisotopic (exact) mass is 514 g/mol. The molecule has 1 saturated heterocycles. The molecule has 2 heterocycles. The Morgan fingerprint density at radius 2 is 2.05 bits per heavy atom. The van der Waals surface area contributed by atoms with Gasteiger partial charge >= 0.3 is 6.18 Å². The van der Waals surface area contributed by atoms with E-state index in [1.165, 1.54) is 17.7 Å². The van der Waals surface area contributed by atoms with Gasteiger partial charge in [0.05, 0.1) is 36.7 Å². The lowest BCUT2D eigenvalue weighted by molar-refractivity contribution is -0.140. The van der Waals surface area contributed by atoms with E-state index >= 15 is 0 Å². The van der Waals surface area contributed by atoms with Gasteiger partial charge in [0.15, 0.2) is 0 Å². The Morgan fingerprint density at radius 3 is 2.76 bits per heavy atom. The average molecular weight is 515 g/mol. The zero-order chi connectivity index (χ0) is 26.6. The van der Waals surface area contributed by atoms with E-state index in [9.17, 15) is 18.0 Å². The number of anilines is 2. The number of primary amides is 1. The largest absolute Gasteiger partial charge is 0.495 e. The van der Waals surface area contributed by atoms with Crippen molar-refractivity contribution in [1.82, 2.24) is 4.57 Å². The summed E-state index contributed by atoms with van der Waals surface area (Å²) in [4.78, 5) is 11.4. The second-order valence-electron chi connectivity index (χ2n) is 8.95. The van der Waals surface area contributed by atoms with E-state index in [4.69, 9.17) is 15.2 Å². The number of nitrogens with two attached hydrogens (primary N) is 1. The molecule has 1 amide bonds. The number of benzene rings is 2. The van der Waals surface area contributed by atoms with Crippen molar-refractivity contribution in [3.05, 3.63) is 53.7 Å². The number of nitrogens with zero attached hydrogens (tertiary/aromatic N) is 1. The highest BCUT2D eigenvalue weighted by Gasteiger charge is 2.30. The van der Waals surface area contributed by atoms with Gasteiger partial charge in [-0.15, -0.1) is 0 Å². The van der Waals surface area contributed by atoms with Crippen molar-refractivity contribution in [3.8, 4) is 17.6 Å². The molecule has 0 saturated carbocycles. The van der Waals surface area contributed by atoms with Crippen LogP contribution in [0.4, 0.5) is 24.5 Å². The van der Waals surface area contributed by atoms with Gasteiger partial charge in [0.1, 0.15) is 12.3 Å². The van der Waals surface area contributed by atoms with Gasteiger partial charge in [-0.25, -0.2) is 0 Å². The number of hydrogen-bond acceptors (Lipinski definition) is 5. The lowest BCUT2D eigenvalue weighted by Gasteiger charge is -2.29. The molecule has 1 aliphatic rings. The Morgan fingerprint density at radius 1 is 1.24 bits per heavy atom. The Bertz CT molecular complexity index is 1340. The van der Waals surface area contributed by atoms with Crippen molar-refractivity contribution in [2.75, 3.05) is 30.9 Å². The molecule has 2 aromatic carbocycles. The second-order valence-corrected chi connectivity index (χ2v) is 8.95. The zero-order valence-electron chi connectivity index (χ0n) is 20.6. The van der Waals surface area contributed by atoms with Crippen molar-refractivity contribution >= 4 is 28.2 Å². The van der Waals surface area contributed by atoms with Gasteiger partial charge in [-0.05, 0) is 62.1 Å². The third kappa shape index (κ3) is 6.49. The summed E-state index contributed by atoms with van der Waals surface area (Å²) >= 11 is 0. The van der Waals surface area contributed by atoms with Crippen molar-refractivity contribution in [1.29, 1.82) is 0 Å². The molecule has 10 heteroatoms. The van der Waals surface area contributed by atoms with E-state index in [0.29, 0.717) is 34.5 Å². The third-order valence-corrected chi connectivity index (χ3v) is 6.20. The maximum atomic E-state index is 13.5. The Labute approximate surface area is 213 Å². The minimum atomic E-state index is -4.41. The van der Waals surface area contributed by atoms with Crippen molar-refractivity contribution in [2.45, 2.75) is 44.6 Å². The summed E-state index contributed by atoms with van der Waals surface area (Å²) < 4.78 is 52.5. The first kappa shape index (κ1) is 26.2. The van der Waals surface area contributed by atoms with E-state index in [2.05, 4.69) is 22.5 Å². The molecule has 1 aliphatic heterocycles. The highest BCUT2D eigenvalue weighted by molar-refractivity contribution is 5.94. The molecule has 0 radical (unpaired) electrons. The first-order chi connectivity index (χ1) is 17.6. The molecular weight excluding hydrogens is 485 g/mol. The van der Waals surface area contributed by atoms with Gasteiger partial charge in [0.2, 0.25) is 5.91 Å². The minimum absolute atomic E-state index is 0.125. The summed E-state index contributed by atoms with van der Waals surface area (Å²) in [7, 11) is 1.46. The number of rotatable bonds is 7. The Hall–Kier alpha value is -3.84. The number of methoxy groups -OCH3 is 1. The summed E-state index contributed by atoms with van der Waals surface area (Å²) in [6.45, 7) is 1.65. The van der Waals surface area contributed by atoms with Gasteiger partial charge in [-0.1, -0.05) is 12.0 Å². The first-order valence-electron chi connectivity index (χ1n) is 11.9. The standard InChI is InChI=1S/C27H29F3N4O3/c1-17-13-19(10-12-37-17)33-22-6-3-7-24-21(22)15-20(34(24)16-27(28,29)30)5-4-11-32-23-9-8-18(26(31)35)14-25(23)36-2/h3,6-9,14-15,17,19,32-33H,10-13,16H2,1-2H3,(H2,31,35)/t17-,19+/m0/s1. The van der Waals surface area contributed by atoms with Crippen molar-refractivity contribution in [3.63, 3.8) is 0 Å². The van der Waals surface area contributed by atoms with E-state index in [0.717, 1.165) is 18.5 Å². The Balaban J connectivity index is 1.60. The molecule has 1 fully saturated rings. The summed E-state index contributed by atoms with van der Waals surface area (Å²) in [6, 6.07) is 11.9. The number of amides is 1. The number of alkyl halides is 3. The predicted molar refractivity (Wildman–Crippen MR) is 137 cm³/mol. The number of halogens is 3. The van der Waals surface area contributed by atoms with Crippen LogP contribution in [0.5, 0.6) is 5.75 Å². The number of aromatic nitrogens is 1. The predicted octanol–water partition coefficient (Wildman–Crippen LogP) is 4.75. The average Bonchev–Trinajstić information content (AvgIpc) is 3.18. The smallest absolute Gasteiger partial charge is 0.406 e. The number of carbonyl (C=O) groups excluding carboxylic acids is 1. The first-order valence-corrected chi connectivity index (χ1v) is 11.9. The summed E-state index contributed by atoms with van der Waals surface area (Å²) in [5.74, 6) is 5.61. The van der Waals surface area contributed by atoms with Crippen LogP contribution in [0.2, 0.25) is 0 Å². The van der Waals surface area contributed by atoms with Gasteiger partial charge in [-0.2, -0.15) is 13.2 Å². The second kappa shape index (κ2) is 11.0. The van der Waals surface area contributed by atoms with Crippen LogP contribution < -0.4 is 21.1 Å². The molecule has 2 atom stereocenters. The fraction of sp³-hybridized carbons (Fsp3) is 0.370. The van der Waals surface area contributed by atoms with Crippen LogP contribution in [0.1, 0.15) is 35.8 Å². The number of fused-ring (bicyclic) bond motifs is 1. The SMILES string of the molecule is COc1cc(C(N)=O)ccc1NCC#Cc1cc2c(N[C@@H]3CCO[C@@H](C)C3)cccc2n1CC(F)(F)F. The fourth-order valence-corrected chi connectivity index (χ4v) is 4.48. The summed E-state index contributed by atoms with van der Waals surface area (Å²) in [5.41, 5.74) is 7.68. The van der Waals surface area contributed by atoms with Crippen LogP contribution in [0.25, 0.3) is 10.9 Å². The van der Waals surface area contributed by atoms with Gasteiger partial charge in [0, 0.05) is 29.3 Å². The van der Waals surface area contributed by atoms with E-state index < -0.39 is 18.6 Å². The molecule has 37 heavy (non-hydrogen) atoms. The van der Waals surface area contributed by atoms with Crippen LogP contribution >= 0.6 is 0 Å². The lowest BCUT2D eigenvalue weighted by atomic mass is 10.0. The van der Waals surface area contributed by atoms with E-state index in [1.807, 2.05) is 13.0 Å². The molecule has 0 unspecified atom stereocenters. The number of ether oxygens (including phenoxy) is 2. The molecule has 196 valence electrons. The third-order valence-electron chi connectivity index (χ3n) is 6.20. The molecule has 7 nitrogen and oxygen atoms in total. The van der Waals surface area contributed by atoms with Gasteiger partial charge in [-0.3, -0.25) is 4.79 Å². The minimum Gasteiger partial charge on any atom is -0.495 e. The highest BCUT2D eigenvalue weighted by atomic mass is 19.4. The van der Waals surface area contributed by atoms with Crippen molar-refractivity contribution < 1.29 is 27.4 Å². The summed E-state index contributed by atoms with van der Waals surface area (Å²) in [5, 5.41) is 7.24. The maximum absolute atomic E-state index is 13.5. The number of nitrogens with one attached hydrogen (secondary N) is 2. The van der Waals surface area contributed by atoms with Crippen LogP contribution in [-0.4, -0.2) is 49.1 Å². The van der Waals surface area contributed by atoms with E-state index in [-0.39, 0.29) is 24.4 Å². The van der Waals surface area contributed by atoms with Crippen LogP contribution in [-0.2, 0) is 11.3 Å². The molecular formula is C27H29F3N4O3. The molecule has 3 aromatic rings. The number of carbonyl (C=O) groups is 1. The Kier molecular flexibility index (Phi) is 7.83. The fourth-order valence-electron chi connectivity index (χ4n) is 4.48. The van der Waals surface area contributed by atoms with Crippen molar-refractivity contribution in [2.24, 2.45) is 5.73 Å². The van der Waals surface area contributed by atoms with Gasteiger partial charge < -0.3 is 30.4 Å². The molecule has 0 bridgehead atoms. The maximum Gasteiger partial charge on any atom is 0.406 e. The topological polar surface area (TPSA) is 90.5 Å². The lowest BCUT2D eigenvalue weighted by Crippen LogP contribution is -2.32. The normalized spacial score (nSPS) is 17.6. The quantitative estimate of drug-likeness (QED) is 0.396. The van der Waals surface area contributed by atoms with Crippen LogP contribution in [0.15, 0.2) is 42.5 Å². The number of hydrogen-bond donors (Lipinski definition) is 3. The summed E-state index contributed by atoms with van der Waals surface area (Å²) in [6.07, 6.45) is -2.64.